The first kappa shape index (κ1) is 29.4. The number of para-hydroxylation sites is 1. The van der Waals surface area contributed by atoms with Crippen molar-refractivity contribution >= 4 is 40.8 Å². The Balaban J connectivity index is 1.17. The summed E-state index contributed by atoms with van der Waals surface area (Å²) in [5.41, 5.74) is 2.63. The summed E-state index contributed by atoms with van der Waals surface area (Å²) in [5, 5.41) is 6.79. The van der Waals surface area contributed by atoms with Gasteiger partial charge in [-0.15, -0.1) is 0 Å². The number of rotatable bonds is 8. The summed E-state index contributed by atoms with van der Waals surface area (Å²) in [6.45, 7) is 6.37. The molecule has 3 aliphatic rings. The molecule has 2 atom stereocenters. The number of amides is 4. The van der Waals surface area contributed by atoms with Crippen LogP contribution in [0.4, 0.5) is 16.2 Å². The monoisotopic (exact) mass is 579 g/mol. The smallest absolute Gasteiger partial charge is 0.319 e. The molecule has 9 heteroatoms. The van der Waals surface area contributed by atoms with Crippen molar-refractivity contribution in [1.82, 2.24) is 15.1 Å². The fourth-order valence-electron chi connectivity index (χ4n) is 6.82. The SMILES string of the molecule is CC(=O)N1CCC(C(=O)N(CCCN2C3CCC2CC(NC(=O)Nc2ccccc2)C3)c2ccc(C)c(Cl)c2)CC1. The van der Waals surface area contributed by atoms with E-state index < -0.39 is 0 Å². The second kappa shape index (κ2) is 13.3. The molecule has 2 bridgehead atoms. The van der Waals surface area contributed by atoms with Gasteiger partial charge in [0.1, 0.15) is 0 Å². The summed E-state index contributed by atoms with van der Waals surface area (Å²) < 4.78 is 0. The van der Waals surface area contributed by atoms with Crippen LogP contribution in [-0.2, 0) is 9.59 Å². The van der Waals surface area contributed by atoms with E-state index >= 15 is 0 Å². The molecule has 8 nitrogen and oxygen atoms in total. The predicted octanol–water partition coefficient (Wildman–Crippen LogP) is 5.45. The number of nitrogens with zero attached hydrogens (tertiary/aromatic N) is 3. The molecule has 0 radical (unpaired) electrons. The molecule has 3 aliphatic heterocycles. The number of piperidine rings is 2. The van der Waals surface area contributed by atoms with Gasteiger partial charge in [-0.25, -0.2) is 4.79 Å². The number of fused-ring (bicyclic) bond motifs is 2. The molecule has 3 heterocycles. The van der Waals surface area contributed by atoms with Crippen LogP contribution >= 0.6 is 11.6 Å². The standard InChI is InChI=1S/C32H42ClN5O3/c1-22-9-10-29(21-30(22)33)38(31(40)24-13-17-36(18-14-24)23(2)39)16-6-15-37-27-11-12-28(37)20-26(19-27)35-32(41)34-25-7-4-3-5-8-25/h3-5,7-10,21,24,26-28H,6,11-20H2,1-2H3,(H2,34,35,41). The molecular formula is C32H42ClN5O3. The first-order valence-electron chi connectivity index (χ1n) is 15.0. The van der Waals surface area contributed by atoms with Crippen molar-refractivity contribution in [2.75, 3.05) is 36.4 Å². The maximum absolute atomic E-state index is 13.8. The molecule has 0 saturated carbocycles. The first-order valence-corrected chi connectivity index (χ1v) is 15.4. The molecular weight excluding hydrogens is 538 g/mol. The van der Waals surface area contributed by atoms with Crippen LogP contribution in [0.3, 0.4) is 0 Å². The lowest BCUT2D eigenvalue weighted by Crippen LogP contribution is -2.51. The summed E-state index contributed by atoms with van der Waals surface area (Å²) in [6.07, 6.45) is 6.44. The number of urea groups is 1. The van der Waals surface area contributed by atoms with Crippen LogP contribution in [0.1, 0.15) is 57.4 Å². The Hall–Kier alpha value is -3.10. The zero-order valence-corrected chi connectivity index (χ0v) is 24.9. The van der Waals surface area contributed by atoms with Crippen molar-refractivity contribution in [3.05, 3.63) is 59.1 Å². The number of likely N-dealkylation sites (tertiary alicyclic amines) is 1. The van der Waals surface area contributed by atoms with E-state index in [0.717, 1.165) is 55.6 Å². The number of halogens is 1. The summed E-state index contributed by atoms with van der Waals surface area (Å²) >= 11 is 6.47. The summed E-state index contributed by atoms with van der Waals surface area (Å²) in [7, 11) is 0. The third-order valence-corrected chi connectivity index (χ3v) is 9.48. The zero-order valence-electron chi connectivity index (χ0n) is 24.2. The summed E-state index contributed by atoms with van der Waals surface area (Å²) in [6, 6.07) is 16.3. The van der Waals surface area contributed by atoms with E-state index in [2.05, 4.69) is 15.5 Å². The largest absolute Gasteiger partial charge is 0.343 e. The van der Waals surface area contributed by atoms with Gasteiger partial charge in [0, 0.05) is 73.5 Å². The number of carbonyl (C=O) groups excluding carboxylic acids is 3. The zero-order chi connectivity index (χ0) is 28.9. The number of hydrogen-bond donors (Lipinski definition) is 2. The molecule has 5 rings (SSSR count). The van der Waals surface area contributed by atoms with Crippen LogP contribution in [0.15, 0.2) is 48.5 Å². The van der Waals surface area contributed by atoms with E-state index in [4.69, 9.17) is 11.6 Å². The molecule has 0 aliphatic carbocycles. The highest BCUT2D eigenvalue weighted by atomic mass is 35.5. The lowest BCUT2D eigenvalue weighted by molar-refractivity contribution is -0.133. The Kier molecular flexibility index (Phi) is 9.50. The number of hydrogen-bond acceptors (Lipinski definition) is 4. The molecule has 2 aromatic rings. The Morgan fingerprint density at radius 2 is 1.66 bits per heavy atom. The fraction of sp³-hybridized carbons (Fsp3) is 0.531. The fourth-order valence-corrected chi connectivity index (χ4v) is 7.00. The minimum absolute atomic E-state index is 0.0727. The predicted molar refractivity (Wildman–Crippen MR) is 163 cm³/mol. The number of aryl methyl sites for hydroxylation is 1. The third kappa shape index (κ3) is 7.22. The number of nitrogens with one attached hydrogen (secondary N) is 2. The molecule has 2 N–H and O–H groups in total. The Labute approximate surface area is 248 Å². The van der Waals surface area contributed by atoms with Gasteiger partial charge in [0.25, 0.3) is 0 Å². The molecule has 0 spiro atoms. The average molecular weight is 580 g/mol. The minimum Gasteiger partial charge on any atom is -0.343 e. The highest BCUT2D eigenvalue weighted by Crippen LogP contribution is 2.36. The van der Waals surface area contributed by atoms with Crippen molar-refractivity contribution in [2.24, 2.45) is 5.92 Å². The minimum atomic E-state index is -0.144. The number of carbonyl (C=O) groups is 3. The van der Waals surface area contributed by atoms with Gasteiger partial charge in [0.2, 0.25) is 11.8 Å². The lowest BCUT2D eigenvalue weighted by Gasteiger charge is -2.39. The van der Waals surface area contributed by atoms with Crippen LogP contribution in [0, 0.1) is 12.8 Å². The van der Waals surface area contributed by atoms with E-state index in [9.17, 15) is 14.4 Å². The van der Waals surface area contributed by atoms with Gasteiger partial charge in [-0.2, -0.15) is 0 Å². The second-order valence-electron chi connectivity index (χ2n) is 11.8. The Morgan fingerprint density at radius 1 is 0.976 bits per heavy atom. The second-order valence-corrected chi connectivity index (χ2v) is 12.2. The van der Waals surface area contributed by atoms with Crippen LogP contribution in [0.5, 0.6) is 0 Å². The first-order chi connectivity index (χ1) is 19.8. The highest BCUT2D eigenvalue weighted by Gasteiger charge is 2.41. The number of benzene rings is 2. The van der Waals surface area contributed by atoms with Crippen molar-refractivity contribution < 1.29 is 14.4 Å². The van der Waals surface area contributed by atoms with Crippen molar-refractivity contribution in [3.63, 3.8) is 0 Å². The van der Waals surface area contributed by atoms with E-state index in [1.54, 1.807) is 6.92 Å². The van der Waals surface area contributed by atoms with E-state index in [1.807, 2.05) is 65.3 Å². The van der Waals surface area contributed by atoms with Crippen LogP contribution in [0.25, 0.3) is 0 Å². The van der Waals surface area contributed by atoms with Gasteiger partial charge >= 0.3 is 6.03 Å². The van der Waals surface area contributed by atoms with Gasteiger partial charge in [0.05, 0.1) is 0 Å². The van der Waals surface area contributed by atoms with Crippen molar-refractivity contribution in [1.29, 1.82) is 0 Å². The van der Waals surface area contributed by atoms with E-state index in [-0.39, 0.29) is 29.8 Å². The molecule has 0 aromatic heterocycles. The molecule has 2 aromatic carbocycles. The topological polar surface area (TPSA) is 85.0 Å². The van der Waals surface area contributed by atoms with Gasteiger partial charge in [-0.1, -0.05) is 35.9 Å². The molecule has 3 fully saturated rings. The van der Waals surface area contributed by atoms with Gasteiger partial charge in [0.15, 0.2) is 0 Å². The number of anilines is 2. The van der Waals surface area contributed by atoms with Crippen LogP contribution in [0.2, 0.25) is 5.02 Å². The normalized spacial score (nSPS) is 22.8. The highest BCUT2D eigenvalue weighted by molar-refractivity contribution is 6.31. The average Bonchev–Trinajstić information content (AvgIpc) is 3.20. The van der Waals surface area contributed by atoms with E-state index in [0.29, 0.717) is 49.6 Å². The molecule has 220 valence electrons. The summed E-state index contributed by atoms with van der Waals surface area (Å²) in [5.74, 6) is 0.109. The molecule has 2 unspecified atom stereocenters. The molecule has 41 heavy (non-hydrogen) atoms. The Morgan fingerprint density at radius 3 is 2.29 bits per heavy atom. The van der Waals surface area contributed by atoms with E-state index in [1.165, 1.54) is 0 Å². The quantitative estimate of drug-likeness (QED) is 0.436. The van der Waals surface area contributed by atoms with Crippen molar-refractivity contribution in [2.45, 2.75) is 76.9 Å². The van der Waals surface area contributed by atoms with Crippen LogP contribution in [-0.4, -0.2) is 71.9 Å². The van der Waals surface area contributed by atoms with Gasteiger partial charge in [-0.3, -0.25) is 14.5 Å². The molecule has 3 saturated heterocycles. The summed E-state index contributed by atoms with van der Waals surface area (Å²) in [4.78, 5) is 44.5. The Bertz CT molecular complexity index is 1220. The lowest BCUT2D eigenvalue weighted by atomic mass is 9.94. The maximum atomic E-state index is 13.8. The van der Waals surface area contributed by atoms with Crippen molar-refractivity contribution in [3.8, 4) is 0 Å². The van der Waals surface area contributed by atoms with Crippen LogP contribution < -0.4 is 15.5 Å². The van der Waals surface area contributed by atoms with Gasteiger partial charge in [-0.05, 0) is 81.7 Å². The third-order valence-electron chi connectivity index (χ3n) is 9.07. The van der Waals surface area contributed by atoms with Gasteiger partial charge < -0.3 is 20.4 Å². The molecule has 4 amide bonds. The maximum Gasteiger partial charge on any atom is 0.319 e.